The van der Waals surface area contributed by atoms with E-state index in [1.54, 1.807) is 6.26 Å². The van der Waals surface area contributed by atoms with E-state index in [0.29, 0.717) is 6.42 Å². The van der Waals surface area contributed by atoms with Crippen molar-refractivity contribution in [3.63, 3.8) is 0 Å². The Kier molecular flexibility index (Phi) is 3.35. The Hall–Kier alpha value is -3.08. The summed E-state index contributed by atoms with van der Waals surface area (Å²) < 4.78 is 7.68. The van der Waals surface area contributed by atoms with Gasteiger partial charge in [0.2, 0.25) is 0 Å². The summed E-state index contributed by atoms with van der Waals surface area (Å²) in [5.74, 6) is 1.74. The summed E-state index contributed by atoms with van der Waals surface area (Å²) in [5.41, 5.74) is 4.77. The van der Waals surface area contributed by atoms with Gasteiger partial charge in [0.05, 0.1) is 23.6 Å². The molecule has 0 bridgehead atoms. The highest BCUT2D eigenvalue weighted by Crippen LogP contribution is 2.47. The molecule has 0 fully saturated rings. The van der Waals surface area contributed by atoms with Gasteiger partial charge in [0, 0.05) is 23.3 Å². The molecule has 2 aliphatic rings. The number of nitrogens with zero attached hydrogens (tertiary/aromatic N) is 2. The average Bonchev–Trinajstić information content (AvgIpc) is 3.30. The number of carbonyl (C=O) groups is 1. The van der Waals surface area contributed by atoms with Crippen LogP contribution in [0.2, 0.25) is 0 Å². The molecule has 26 heavy (non-hydrogen) atoms. The van der Waals surface area contributed by atoms with Crippen molar-refractivity contribution < 1.29 is 9.21 Å². The predicted molar refractivity (Wildman–Crippen MR) is 98.4 cm³/mol. The summed E-state index contributed by atoms with van der Waals surface area (Å²) in [6.45, 7) is 1.99. The fraction of sp³-hybridized carbons (Fsp3) is 0.238. The normalized spacial score (nSPS) is 19.1. The van der Waals surface area contributed by atoms with Crippen molar-refractivity contribution in [2.45, 2.75) is 32.1 Å². The molecule has 1 aliphatic carbocycles. The molecule has 3 aromatic rings. The number of anilines is 1. The van der Waals surface area contributed by atoms with Gasteiger partial charge in [-0.15, -0.1) is 0 Å². The van der Waals surface area contributed by atoms with E-state index in [0.717, 1.165) is 52.6 Å². The van der Waals surface area contributed by atoms with Crippen LogP contribution in [0.5, 0.6) is 0 Å². The van der Waals surface area contributed by atoms with E-state index in [2.05, 4.69) is 5.32 Å². The van der Waals surface area contributed by atoms with Crippen molar-refractivity contribution in [2.75, 3.05) is 5.32 Å². The van der Waals surface area contributed by atoms with Gasteiger partial charge in [-0.2, -0.15) is 5.10 Å². The van der Waals surface area contributed by atoms with E-state index >= 15 is 0 Å². The molecular formula is C21H19N3O2. The maximum Gasteiger partial charge on any atom is 0.161 e. The standard InChI is InChI=1S/C21H19N3O2/c1-13-18-20(17-11-6-12-26-17)19-15(9-5-10-16(19)25)22-21(18)24(23-13)14-7-3-2-4-8-14/h2-4,6-8,11-12,20,22H,5,9-10H2,1H3/t20-/m1/s1. The predicted octanol–water partition coefficient (Wildman–Crippen LogP) is 4.34. The number of fused-ring (bicyclic) bond motifs is 1. The highest BCUT2D eigenvalue weighted by Gasteiger charge is 2.39. The monoisotopic (exact) mass is 345 g/mol. The number of nitrogens with one attached hydrogen (secondary N) is 1. The van der Waals surface area contributed by atoms with Crippen LogP contribution in [0.4, 0.5) is 5.82 Å². The first-order chi connectivity index (χ1) is 12.7. The molecule has 0 unspecified atom stereocenters. The second-order valence-corrected chi connectivity index (χ2v) is 6.84. The minimum atomic E-state index is -0.193. The molecule has 0 amide bonds. The number of aromatic nitrogens is 2. The smallest absolute Gasteiger partial charge is 0.161 e. The highest BCUT2D eigenvalue weighted by atomic mass is 16.3. The van der Waals surface area contributed by atoms with Crippen molar-refractivity contribution in [1.82, 2.24) is 9.78 Å². The Morgan fingerprint density at radius 2 is 2.00 bits per heavy atom. The second kappa shape index (κ2) is 5.73. The third kappa shape index (κ3) is 2.17. The number of aryl methyl sites for hydroxylation is 1. The Labute approximate surface area is 151 Å². The van der Waals surface area contributed by atoms with Crippen molar-refractivity contribution in [1.29, 1.82) is 0 Å². The number of ketones is 1. The van der Waals surface area contributed by atoms with Gasteiger partial charge in [-0.25, -0.2) is 4.68 Å². The SMILES string of the molecule is Cc1nn(-c2ccccc2)c2c1[C@@H](c1ccco1)C1=C(CCCC1=O)N2. The largest absolute Gasteiger partial charge is 0.468 e. The lowest BCUT2D eigenvalue weighted by Gasteiger charge is -2.31. The van der Waals surface area contributed by atoms with Crippen LogP contribution in [0.25, 0.3) is 5.69 Å². The van der Waals surface area contributed by atoms with E-state index in [-0.39, 0.29) is 11.7 Å². The molecule has 5 nitrogen and oxygen atoms in total. The second-order valence-electron chi connectivity index (χ2n) is 6.84. The molecule has 130 valence electrons. The fourth-order valence-corrected chi connectivity index (χ4v) is 4.12. The molecule has 5 heteroatoms. The van der Waals surface area contributed by atoms with E-state index in [1.165, 1.54) is 0 Å². The molecule has 1 aliphatic heterocycles. The summed E-state index contributed by atoms with van der Waals surface area (Å²) in [6.07, 6.45) is 4.01. The molecule has 1 aromatic carbocycles. The third-order valence-corrected chi connectivity index (χ3v) is 5.24. The summed E-state index contributed by atoms with van der Waals surface area (Å²) in [7, 11) is 0. The minimum Gasteiger partial charge on any atom is -0.468 e. The molecule has 1 atom stereocenters. The third-order valence-electron chi connectivity index (χ3n) is 5.24. The van der Waals surface area contributed by atoms with E-state index in [4.69, 9.17) is 9.52 Å². The quantitative estimate of drug-likeness (QED) is 0.751. The molecule has 0 spiro atoms. The topological polar surface area (TPSA) is 60.1 Å². The van der Waals surface area contributed by atoms with Gasteiger partial charge in [-0.3, -0.25) is 4.79 Å². The van der Waals surface area contributed by atoms with Crippen molar-refractivity contribution in [2.24, 2.45) is 0 Å². The first kappa shape index (κ1) is 15.2. The Morgan fingerprint density at radius 3 is 2.77 bits per heavy atom. The Bertz CT molecular complexity index is 1010. The number of carbonyl (C=O) groups excluding carboxylic acids is 1. The zero-order valence-corrected chi connectivity index (χ0v) is 14.5. The lowest BCUT2D eigenvalue weighted by atomic mass is 9.78. The van der Waals surface area contributed by atoms with Gasteiger partial charge < -0.3 is 9.73 Å². The van der Waals surface area contributed by atoms with Gasteiger partial charge in [0.1, 0.15) is 11.6 Å². The van der Waals surface area contributed by atoms with Crippen LogP contribution in [-0.2, 0) is 4.79 Å². The molecule has 5 rings (SSSR count). The van der Waals surface area contributed by atoms with Crippen LogP contribution in [0, 0.1) is 6.92 Å². The van der Waals surface area contributed by atoms with Gasteiger partial charge >= 0.3 is 0 Å². The van der Waals surface area contributed by atoms with Crippen molar-refractivity contribution in [3.05, 3.63) is 77.0 Å². The highest BCUT2D eigenvalue weighted by molar-refractivity contribution is 6.01. The van der Waals surface area contributed by atoms with Crippen LogP contribution >= 0.6 is 0 Å². The van der Waals surface area contributed by atoms with Crippen molar-refractivity contribution >= 4 is 11.6 Å². The van der Waals surface area contributed by atoms with Crippen molar-refractivity contribution in [3.8, 4) is 5.69 Å². The molecule has 0 saturated carbocycles. The number of rotatable bonds is 2. The Morgan fingerprint density at radius 1 is 1.15 bits per heavy atom. The first-order valence-corrected chi connectivity index (χ1v) is 8.95. The van der Waals surface area contributed by atoms with Crippen LogP contribution in [0.1, 0.15) is 42.2 Å². The molecule has 2 aromatic heterocycles. The fourth-order valence-electron chi connectivity index (χ4n) is 4.12. The zero-order valence-electron chi connectivity index (χ0n) is 14.5. The van der Waals surface area contributed by atoms with E-state index in [1.807, 2.05) is 54.1 Å². The summed E-state index contributed by atoms with van der Waals surface area (Å²) in [5, 5.41) is 8.31. The van der Waals surface area contributed by atoms with Crippen LogP contribution < -0.4 is 5.32 Å². The van der Waals surface area contributed by atoms with Gasteiger partial charge in [0.25, 0.3) is 0 Å². The van der Waals surface area contributed by atoms with Crippen LogP contribution in [0.3, 0.4) is 0 Å². The number of para-hydroxylation sites is 1. The first-order valence-electron chi connectivity index (χ1n) is 8.95. The summed E-state index contributed by atoms with van der Waals surface area (Å²) >= 11 is 0. The molecule has 1 N–H and O–H groups in total. The average molecular weight is 345 g/mol. The number of hydrogen-bond donors (Lipinski definition) is 1. The van der Waals surface area contributed by atoms with Crippen LogP contribution in [0.15, 0.2) is 64.4 Å². The van der Waals surface area contributed by atoms with Gasteiger partial charge in [-0.05, 0) is 44.0 Å². The molecule has 0 saturated heterocycles. The van der Waals surface area contributed by atoms with Gasteiger partial charge in [0.15, 0.2) is 5.78 Å². The zero-order chi connectivity index (χ0) is 17.7. The molecular weight excluding hydrogens is 326 g/mol. The van der Waals surface area contributed by atoms with Gasteiger partial charge in [-0.1, -0.05) is 18.2 Å². The summed E-state index contributed by atoms with van der Waals surface area (Å²) in [4.78, 5) is 12.8. The van der Waals surface area contributed by atoms with E-state index in [9.17, 15) is 4.79 Å². The number of allylic oxidation sites excluding steroid dienone is 2. The number of Topliss-reactive ketones (excluding diaryl/α,β-unsaturated/α-hetero) is 1. The maximum absolute atomic E-state index is 12.8. The Balaban J connectivity index is 1.76. The number of furan rings is 1. The molecule has 3 heterocycles. The lowest BCUT2D eigenvalue weighted by molar-refractivity contribution is -0.116. The lowest BCUT2D eigenvalue weighted by Crippen LogP contribution is -2.27. The maximum atomic E-state index is 12.8. The minimum absolute atomic E-state index is 0.193. The van der Waals surface area contributed by atoms with Crippen LogP contribution in [-0.4, -0.2) is 15.6 Å². The molecule has 0 radical (unpaired) electrons. The number of hydrogen-bond acceptors (Lipinski definition) is 4. The number of benzene rings is 1. The van der Waals surface area contributed by atoms with E-state index < -0.39 is 0 Å². The summed E-state index contributed by atoms with van der Waals surface area (Å²) in [6, 6.07) is 13.9.